The van der Waals surface area contributed by atoms with Crippen LogP contribution in [0.25, 0.3) is 0 Å². The summed E-state index contributed by atoms with van der Waals surface area (Å²) in [7, 11) is 0. The molecule has 1 aromatic rings. The van der Waals surface area contributed by atoms with Crippen LogP contribution in [0.3, 0.4) is 0 Å². The fourth-order valence-electron chi connectivity index (χ4n) is 1.21. The Balaban J connectivity index is 0.00000144. The third-order valence-corrected chi connectivity index (χ3v) is 2.13. The van der Waals surface area contributed by atoms with E-state index < -0.39 is 0 Å². The largest absolute Gasteiger partial charge is 0.0776 e. The number of rotatable bonds is 3. The minimum atomic E-state index is 0. The Morgan fingerprint density at radius 2 is 1.62 bits per heavy atom. The van der Waals surface area contributed by atoms with Crippen molar-refractivity contribution in [3.8, 4) is 0 Å². The zero-order chi connectivity index (χ0) is 8.97. The Morgan fingerprint density at radius 3 is 2.08 bits per heavy atom. The maximum Gasteiger partial charge on any atom is -0.0276 e. The van der Waals surface area contributed by atoms with Gasteiger partial charge in [0, 0.05) is 0 Å². The first-order valence-corrected chi connectivity index (χ1v) is 4.74. The van der Waals surface area contributed by atoms with E-state index in [-0.39, 0.29) is 7.43 Å². The molecule has 0 unspecified atom stereocenters. The van der Waals surface area contributed by atoms with Gasteiger partial charge in [-0.1, -0.05) is 51.1 Å². The van der Waals surface area contributed by atoms with E-state index in [0.717, 1.165) is 5.92 Å². The molecular formula is C13H22. The van der Waals surface area contributed by atoms with E-state index in [1.165, 1.54) is 24.0 Å². The summed E-state index contributed by atoms with van der Waals surface area (Å²) < 4.78 is 0. The second kappa shape index (κ2) is 5.80. The molecule has 0 aliphatic heterocycles. The summed E-state index contributed by atoms with van der Waals surface area (Å²) in [4.78, 5) is 0. The van der Waals surface area contributed by atoms with Crippen molar-refractivity contribution in [1.29, 1.82) is 0 Å². The van der Waals surface area contributed by atoms with Gasteiger partial charge in [-0.3, -0.25) is 0 Å². The molecule has 0 nitrogen and oxygen atoms in total. The van der Waals surface area contributed by atoms with Crippen molar-refractivity contribution in [3.63, 3.8) is 0 Å². The second-order valence-electron chi connectivity index (χ2n) is 3.92. The highest BCUT2D eigenvalue weighted by Gasteiger charge is 1.95. The van der Waals surface area contributed by atoms with E-state index in [2.05, 4.69) is 45.0 Å². The van der Waals surface area contributed by atoms with Gasteiger partial charge in [0.15, 0.2) is 0 Å². The fourth-order valence-corrected chi connectivity index (χ4v) is 1.21. The fraction of sp³-hybridized carbons (Fsp3) is 0.538. The summed E-state index contributed by atoms with van der Waals surface area (Å²) >= 11 is 0. The smallest absolute Gasteiger partial charge is 0.0276 e. The Morgan fingerprint density at radius 1 is 1.08 bits per heavy atom. The van der Waals surface area contributed by atoms with E-state index in [1.807, 2.05) is 0 Å². The summed E-state index contributed by atoms with van der Waals surface area (Å²) in [6.07, 6.45) is 2.51. The second-order valence-corrected chi connectivity index (χ2v) is 3.92. The molecule has 0 atom stereocenters. The maximum atomic E-state index is 2.27. The van der Waals surface area contributed by atoms with Crippen molar-refractivity contribution in [3.05, 3.63) is 35.4 Å². The molecule has 0 radical (unpaired) electrons. The minimum absolute atomic E-state index is 0. The molecule has 1 rings (SSSR count). The normalized spacial score (nSPS) is 9.85. The van der Waals surface area contributed by atoms with Gasteiger partial charge in [0.1, 0.15) is 0 Å². The van der Waals surface area contributed by atoms with Crippen LogP contribution < -0.4 is 0 Å². The van der Waals surface area contributed by atoms with Gasteiger partial charge < -0.3 is 0 Å². The van der Waals surface area contributed by atoms with Crippen LogP contribution in [0.15, 0.2) is 24.3 Å². The summed E-state index contributed by atoms with van der Waals surface area (Å²) in [6, 6.07) is 8.85. The highest BCUT2D eigenvalue weighted by molar-refractivity contribution is 5.21. The number of aryl methyl sites for hydroxylation is 2. The summed E-state index contributed by atoms with van der Waals surface area (Å²) in [5.41, 5.74) is 2.82. The molecule has 0 N–H and O–H groups in total. The van der Waals surface area contributed by atoms with Crippen LogP contribution in [0.2, 0.25) is 0 Å². The topological polar surface area (TPSA) is 0 Å². The number of hydrogen-bond acceptors (Lipinski definition) is 0. The van der Waals surface area contributed by atoms with Crippen LogP contribution >= 0.6 is 0 Å². The van der Waals surface area contributed by atoms with E-state index in [4.69, 9.17) is 0 Å². The predicted molar refractivity (Wildman–Crippen MR) is 61.1 cm³/mol. The van der Waals surface area contributed by atoms with Crippen molar-refractivity contribution in [2.45, 2.75) is 41.0 Å². The first kappa shape index (κ1) is 12.2. The van der Waals surface area contributed by atoms with Crippen molar-refractivity contribution in [2.24, 2.45) is 5.92 Å². The molecule has 13 heavy (non-hydrogen) atoms. The van der Waals surface area contributed by atoms with E-state index in [0.29, 0.717) is 0 Å². The molecule has 74 valence electrons. The monoisotopic (exact) mass is 178 g/mol. The Kier molecular flexibility index (Phi) is 5.45. The molecule has 0 bridgehead atoms. The highest BCUT2D eigenvalue weighted by atomic mass is 14.0. The van der Waals surface area contributed by atoms with Crippen molar-refractivity contribution in [2.75, 3.05) is 0 Å². The maximum absolute atomic E-state index is 2.27. The van der Waals surface area contributed by atoms with Gasteiger partial charge in [-0.05, 0) is 31.2 Å². The molecular weight excluding hydrogens is 156 g/mol. The predicted octanol–water partition coefficient (Wildman–Crippen LogP) is 4.22. The summed E-state index contributed by atoms with van der Waals surface area (Å²) in [5.74, 6) is 0.811. The first-order valence-electron chi connectivity index (χ1n) is 4.74. The molecule has 0 fully saturated rings. The van der Waals surface area contributed by atoms with Gasteiger partial charge in [0.05, 0.1) is 0 Å². The van der Waals surface area contributed by atoms with E-state index >= 15 is 0 Å². The lowest BCUT2D eigenvalue weighted by atomic mass is 10.0. The minimum Gasteiger partial charge on any atom is -0.0776 e. The Bertz CT molecular complexity index is 218. The average molecular weight is 178 g/mol. The van der Waals surface area contributed by atoms with Gasteiger partial charge in [-0.25, -0.2) is 0 Å². The standard InChI is InChI=1S/C12H18.CH4/c1-10(2)4-7-12-8-5-11(3)6-9-12;/h5-6,8-10H,4,7H2,1-3H3;1H4. The molecule has 0 saturated heterocycles. The van der Waals surface area contributed by atoms with Crippen LogP contribution in [0, 0.1) is 12.8 Å². The molecule has 0 saturated carbocycles. The Hall–Kier alpha value is -0.780. The molecule has 0 amide bonds. The van der Waals surface area contributed by atoms with Crippen LogP contribution in [0.1, 0.15) is 38.8 Å². The van der Waals surface area contributed by atoms with Crippen molar-refractivity contribution in [1.82, 2.24) is 0 Å². The number of hydrogen-bond donors (Lipinski definition) is 0. The lowest BCUT2D eigenvalue weighted by molar-refractivity contribution is 0.586. The third kappa shape index (κ3) is 4.72. The van der Waals surface area contributed by atoms with E-state index in [9.17, 15) is 0 Å². The summed E-state index contributed by atoms with van der Waals surface area (Å²) in [5, 5.41) is 0. The lowest BCUT2D eigenvalue weighted by Crippen LogP contribution is -1.91. The lowest BCUT2D eigenvalue weighted by Gasteiger charge is -2.04. The van der Waals surface area contributed by atoms with Crippen LogP contribution in [0.5, 0.6) is 0 Å². The molecule has 0 aromatic heterocycles. The quantitative estimate of drug-likeness (QED) is 0.650. The molecule has 0 spiro atoms. The zero-order valence-electron chi connectivity index (χ0n) is 8.30. The van der Waals surface area contributed by atoms with Crippen molar-refractivity contribution < 1.29 is 0 Å². The van der Waals surface area contributed by atoms with Crippen LogP contribution in [-0.2, 0) is 6.42 Å². The van der Waals surface area contributed by atoms with Crippen LogP contribution in [0.4, 0.5) is 0 Å². The molecule has 0 heterocycles. The SMILES string of the molecule is C.Cc1ccc(CCC(C)C)cc1. The van der Waals surface area contributed by atoms with Crippen LogP contribution in [-0.4, -0.2) is 0 Å². The average Bonchev–Trinajstić information content (AvgIpc) is 2.03. The third-order valence-electron chi connectivity index (χ3n) is 2.13. The zero-order valence-corrected chi connectivity index (χ0v) is 8.30. The summed E-state index contributed by atoms with van der Waals surface area (Å²) in [6.45, 7) is 6.68. The van der Waals surface area contributed by atoms with Gasteiger partial charge in [-0.15, -0.1) is 0 Å². The molecule has 0 aliphatic carbocycles. The van der Waals surface area contributed by atoms with Gasteiger partial charge in [0.2, 0.25) is 0 Å². The van der Waals surface area contributed by atoms with Gasteiger partial charge in [0.25, 0.3) is 0 Å². The van der Waals surface area contributed by atoms with Gasteiger partial charge >= 0.3 is 0 Å². The molecule has 0 aliphatic rings. The Labute approximate surface area is 83.0 Å². The molecule has 1 aromatic carbocycles. The highest BCUT2D eigenvalue weighted by Crippen LogP contribution is 2.09. The first-order chi connectivity index (χ1) is 5.68. The number of benzene rings is 1. The van der Waals surface area contributed by atoms with E-state index in [1.54, 1.807) is 0 Å². The molecule has 0 heteroatoms. The van der Waals surface area contributed by atoms with Crippen molar-refractivity contribution >= 4 is 0 Å². The van der Waals surface area contributed by atoms with Gasteiger partial charge in [-0.2, -0.15) is 0 Å².